The van der Waals surface area contributed by atoms with E-state index in [4.69, 9.17) is 0 Å². The van der Waals surface area contributed by atoms with E-state index in [1.807, 2.05) is 18.2 Å². The van der Waals surface area contributed by atoms with Gasteiger partial charge in [0.2, 0.25) is 11.6 Å². The third-order valence-electron chi connectivity index (χ3n) is 2.55. The molecule has 1 aromatic heterocycles. The number of nitrogens with one attached hydrogen (secondary N) is 2. The fourth-order valence-corrected chi connectivity index (χ4v) is 2.02. The number of benzene rings is 1. The Morgan fingerprint density at radius 1 is 1.33 bits per heavy atom. The predicted molar refractivity (Wildman–Crippen MR) is 84.8 cm³/mol. The molecular weight excluding hydrogens is 338 g/mol. The number of para-hydroxylation sites is 1. The van der Waals surface area contributed by atoms with Crippen molar-refractivity contribution in [2.75, 3.05) is 17.2 Å². The van der Waals surface area contributed by atoms with E-state index in [1.54, 1.807) is 12.1 Å². The van der Waals surface area contributed by atoms with E-state index < -0.39 is 4.92 Å². The molecule has 0 saturated carbocycles. The average molecular weight is 350 g/mol. The number of nitro groups is 1. The Bertz CT molecular complexity index is 677. The molecule has 0 atom stereocenters. The quantitative estimate of drug-likeness (QED) is 0.471. The molecule has 0 aliphatic rings. The van der Waals surface area contributed by atoms with E-state index in [0.29, 0.717) is 12.2 Å². The van der Waals surface area contributed by atoms with E-state index in [0.717, 1.165) is 4.47 Å². The van der Waals surface area contributed by atoms with Crippen molar-refractivity contribution in [2.24, 2.45) is 0 Å². The highest BCUT2D eigenvalue weighted by molar-refractivity contribution is 9.10. The van der Waals surface area contributed by atoms with E-state index in [1.165, 1.54) is 6.33 Å². The number of hydrogen-bond acceptors (Lipinski definition) is 6. The zero-order chi connectivity index (χ0) is 15.2. The number of nitrogens with zero attached hydrogens (tertiary/aromatic N) is 3. The van der Waals surface area contributed by atoms with Crippen molar-refractivity contribution < 1.29 is 4.92 Å². The lowest BCUT2D eigenvalue weighted by atomic mass is 10.3. The van der Waals surface area contributed by atoms with Gasteiger partial charge in [0, 0.05) is 11.0 Å². The van der Waals surface area contributed by atoms with Crippen LogP contribution in [0.15, 0.2) is 47.7 Å². The normalized spacial score (nSPS) is 9.95. The minimum absolute atomic E-state index is 0.119. The molecule has 1 aromatic carbocycles. The molecular formula is C13H12BrN5O2. The van der Waals surface area contributed by atoms with Crippen LogP contribution in [0.4, 0.5) is 23.0 Å². The maximum Gasteiger partial charge on any atom is 0.353 e. The van der Waals surface area contributed by atoms with Gasteiger partial charge in [0.05, 0.1) is 10.6 Å². The number of anilines is 3. The van der Waals surface area contributed by atoms with Gasteiger partial charge in [-0.15, -0.1) is 6.58 Å². The fourth-order valence-electron chi connectivity index (χ4n) is 1.63. The minimum atomic E-state index is -0.523. The van der Waals surface area contributed by atoms with E-state index in [9.17, 15) is 10.1 Å². The summed E-state index contributed by atoms with van der Waals surface area (Å²) < 4.78 is 0.776. The molecule has 0 unspecified atom stereocenters. The Kier molecular flexibility index (Phi) is 4.83. The summed E-state index contributed by atoms with van der Waals surface area (Å²) in [4.78, 5) is 18.6. The Morgan fingerprint density at radius 3 is 2.71 bits per heavy atom. The summed E-state index contributed by atoms with van der Waals surface area (Å²) in [7, 11) is 0. The highest BCUT2D eigenvalue weighted by Gasteiger charge is 2.23. The smallest absolute Gasteiger partial charge is 0.353 e. The highest BCUT2D eigenvalue weighted by Crippen LogP contribution is 2.33. The molecule has 2 rings (SSSR count). The second kappa shape index (κ2) is 6.80. The Hall–Kier alpha value is -2.48. The van der Waals surface area contributed by atoms with Gasteiger partial charge in [-0.3, -0.25) is 10.1 Å². The summed E-state index contributed by atoms with van der Waals surface area (Å²) in [6.07, 6.45) is 2.85. The van der Waals surface area contributed by atoms with Crippen molar-refractivity contribution in [3.05, 3.63) is 57.8 Å². The Labute approximate surface area is 129 Å². The average Bonchev–Trinajstić information content (AvgIpc) is 2.47. The summed E-state index contributed by atoms with van der Waals surface area (Å²) in [5.74, 6) is 0.262. The summed E-state index contributed by atoms with van der Waals surface area (Å²) in [6, 6.07) is 7.27. The van der Waals surface area contributed by atoms with Crippen LogP contribution in [-0.2, 0) is 0 Å². The van der Waals surface area contributed by atoms with Crippen molar-refractivity contribution in [1.82, 2.24) is 9.97 Å². The van der Waals surface area contributed by atoms with Crippen molar-refractivity contribution in [2.45, 2.75) is 0 Å². The molecule has 0 bridgehead atoms. The van der Waals surface area contributed by atoms with E-state index >= 15 is 0 Å². The monoisotopic (exact) mass is 349 g/mol. The van der Waals surface area contributed by atoms with Gasteiger partial charge in [-0.25, -0.2) is 9.97 Å². The van der Waals surface area contributed by atoms with E-state index in [-0.39, 0.29) is 17.3 Å². The van der Waals surface area contributed by atoms with Crippen LogP contribution in [0.1, 0.15) is 0 Å². The second-order valence-electron chi connectivity index (χ2n) is 3.95. The maximum absolute atomic E-state index is 11.3. The van der Waals surface area contributed by atoms with Gasteiger partial charge in [-0.05, 0) is 28.1 Å². The molecule has 0 aliphatic heterocycles. The predicted octanol–water partition coefficient (Wildman–Crippen LogP) is 3.49. The fraction of sp³-hybridized carbons (Fsp3) is 0.0769. The lowest BCUT2D eigenvalue weighted by molar-refractivity contribution is -0.383. The first-order chi connectivity index (χ1) is 10.1. The van der Waals surface area contributed by atoms with Gasteiger partial charge in [0.25, 0.3) is 0 Å². The van der Waals surface area contributed by atoms with Gasteiger partial charge in [0.15, 0.2) is 0 Å². The standard InChI is InChI=1S/C13H12BrN5O2/c1-2-7-15-12-11(19(20)21)13(17-8-16-12)18-10-6-4-3-5-9(10)14/h2-6,8H,1,7H2,(H2,15,16,17,18). The van der Waals surface area contributed by atoms with Crippen LogP contribution in [0.2, 0.25) is 0 Å². The molecule has 0 saturated heterocycles. The molecule has 0 fully saturated rings. The van der Waals surface area contributed by atoms with Gasteiger partial charge in [-0.1, -0.05) is 18.2 Å². The zero-order valence-corrected chi connectivity index (χ0v) is 12.5. The van der Waals surface area contributed by atoms with Crippen molar-refractivity contribution in [3.8, 4) is 0 Å². The molecule has 0 spiro atoms. The second-order valence-corrected chi connectivity index (χ2v) is 4.81. The SMILES string of the molecule is C=CCNc1ncnc(Nc2ccccc2Br)c1[N+](=O)[O-]. The third-order valence-corrected chi connectivity index (χ3v) is 3.24. The van der Waals surface area contributed by atoms with Crippen LogP contribution >= 0.6 is 15.9 Å². The summed E-state index contributed by atoms with van der Waals surface area (Å²) in [5, 5.41) is 17.0. The Morgan fingerprint density at radius 2 is 2.05 bits per heavy atom. The van der Waals surface area contributed by atoms with Crippen molar-refractivity contribution in [3.63, 3.8) is 0 Å². The lowest BCUT2D eigenvalue weighted by Gasteiger charge is -2.10. The topological polar surface area (TPSA) is 93.0 Å². The van der Waals surface area contributed by atoms with Crippen LogP contribution in [0, 0.1) is 10.1 Å². The number of rotatable bonds is 6. The summed E-state index contributed by atoms with van der Waals surface area (Å²) in [6.45, 7) is 3.92. The number of aromatic nitrogens is 2. The highest BCUT2D eigenvalue weighted by atomic mass is 79.9. The molecule has 7 nitrogen and oxygen atoms in total. The minimum Gasteiger partial charge on any atom is -0.361 e. The van der Waals surface area contributed by atoms with Crippen LogP contribution in [-0.4, -0.2) is 21.4 Å². The van der Waals surface area contributed by atoms with E-state index in [2.05, 4.69) is 43.1 Å². The number of halogens is 1. The summed E-state index contributed by atoms with van der Waals surface area (Å²) in [5.41, 5.74) is 0.462. The summed E-state index contributed by atoms with van der Waals surface area (Å²) >= 11 is 3.37. The zero-order valence-electron chi connectivity index (χ0n) is 10.9. The molecule has 0 amide bonds. The van der Waals surface area contributed by atoms with Crippen molar-refractivity contribution >= 4 is 38.9 Å². The van der Waals surface area contributed by atoms with Crippen molar-refractivity contribution in [1.29, 1.82) is 0 Å². The largest absolute Gasteiger partial charge is 0.361 e. The molecule has 0 radical (unpaired) electrons. The number of hydrogen-bond donors (Lipinski definition) is 2. The molecule has 8 heteroatoms. The first-order valence-corrected chi connectivity index (χ1v) is 6.78. The van der Waals surface area contributed by atoms with Gasteiger partial charge < -0.3 is 10.6 Å². The van der Waals surface area contributed by atoms with Crippen LogP contribution in [0.25, 0.3) is 0 Å². The molecule has 1 heterocycles. The van der Waals surface area contributed by atoms with Gasteiger partial charge in [0.1, 0.15) is 6.33 Å². The molecule has 2 aromatic rings. The third kappa shape index (κ3) is 3.54. The first-order valence-electron chi connectivity index (χ1n) is 5.99. The van der Waals surface area contributed by atoms with Gasteiger partial charge >= 0.3 is 5.69 Å². The lowest BCUT2D eigenvalue weighted by Crippen LogP contribution is -2.08. The maximum atomic E-state index is 11.3. The Balaban J connectivity index is 2.41. The van der Waals surface area contributed by atoms with Gasteiger partial charge in [-0.2, -0.15) is 0 Å². The molecule has 2 N–H and O–H groups in total. The molecule has 21 heavy (non-hydrogen) atoms. The van der Waals surface area contributed by atoms with Crippen LogP contribution in [0.5, 0.6) is 0 Å². The first kappa shape index (κ1) is 14.9. The van der Waals surface area contributed by atoms with Crippen LogP contribution < -0.4 is 10.6 Å². The molecule has 0 aliphatic carbocycles. The van der Waals surface area contributed by atoms with Crippen LogP contribution in [0.3, 0.4) is 0 Å². The molecule has 108 valence electrons.